The van der Waals surface area contributed by atoms with Gasteiger partial charge in [0.15, 0.2) is 11.6 Å². The van der Waals surface area contributed by atoms with E-state index in [4.69, 9.17) is 18.9 Å². The first-order valence-electron chi connectivity index (χ1n) is 9.22. The van der Waals surface area contributed by atoms with Crippen molar-refractivity contribution >= 4 is 11.9 Å². The van der Waals surface area contributed by atoms with Gasteiger partial charge in [0.2, 0.25) is 0 Å². The van der Waals surface area contributed by atoms with Crippen LogP contribution in [0, 0.1) is 0 Å². The topological polar surface area (TPSA) is 112 Å². The van der Waals surface area contributed by atoms with Crippen LogP contribution in [-0.4, -0.2) is 59.1 Å². The van der Waals surface area contributed by atoms with Gasteiger partial charge in [0.25, 0.3) is 0 Å². The molecule has 0 spiro atoms. The van der Waals surface area contributed by atoms with Crippen LogP contribution in [0.5, 0.6) is 0 Å². The molecular formula is C20H26O8. The summed E-state index contributed by atoms with van der Waals surface area (Å²) >= 11 is 0. The van der Waals surface area contributed by atoms with Crippen LogP contribution in [0.15, 0.2) is 12.1 Å². The molecule has 2 heterocycles. The predicted molar refractivity (Wildman–Crippen MR) is 97.6 cm³/mol. The van der Waals surface area contributed by atoms with Gasteiger partial charge in [-0.15, -0.1) is 0 Å². The molecule has 2 fully saturated rings. The molecule has 1 aromatic carbocycles. The van der Waals surface area contributed by atoms with Crippen LogP contribution in [0.2, 0.25) is 0 Å². The highest BCUT2D eigenvalue weighted by molar-refractivity contribution is 5.97. The second kappa shape index (κ2) is 7.44. The molecule has 2 atom stereocenters. The maximum atomic E-state index is 12.1. The Morgan fingerprint density at radius 2 is 1.46 bits per heavy atom. The van der Waals surface area contributed by atoms with Gasteiger partial charge < -0.3 is 29.2 Å². The fourth-order valence-electron chi connectivity index (χ4n) is 3.75. The number of benzene rings is 1. The van der Waals surface area contributed by atoms with Crippen LogP contribution in [-0.2, 0) is 31.8 Å². The summed E-state index contributed by atoms with van der Waals surface area (Å²) in [5.41, 5.74) is 0.693. The van der Waals surface area contributed by atoms with E-state index in [1.165, 1.54) is 6.07 Å². The van der Waals surface area contributed by atoms with E-state index in [0.717, 1.165) is 0 Å². The molecule has 0 bridgehead atoms. The van der Waals surface area contributed by atoms with Crippen LogP contribution >= 0.6 is 0 Å². The average Bonchev–Trinajstić information content (AvgIpc) is 3.07. The third-order valence-corrected chi connectivity index (χ3v) is 4.86. The molecule has 28 heavy (non-hydrogen) atoms. The van der Waals surface area contributed by atoms with E-state index in [-0.39, 0.29) is 35.8 Å². The van der Waals surface area contributed by atoms with Crippen molar-refractivity contribution in [2.75, 3.05) is 13.2 Å². The highest BCUT2D eigenvalue weighted by Crippen LogP contribution is 2.31. The van der Waals surface area contributed by atoms with E-state index in [2.05, 4.69) is 0 Å². The Bertz CT molecular complexity index is 783. The van der Waals surface area contributed by atoms with Crippen LogP contribution in [0.3, 0.4) is 0 Å². The summed E-state index contributed by atoms with van der Waals surface area (Å²) in [5, 5.41) is 19.5. The number of carboxylic acids is 2. The van der Waals surface area contributed by atoms with Gasteiger partial charge in [0.05, 0.1) is 36.5 Å². The van der Waals surface area contributed by atoms with Crippen molar-refractivity contribution in [1.29, 1.82) is 0 Å². The number of hydrogen-bond donors (Lipinski definition) is 2. The average molecular weight is 394 g/mol. The number of aromatic carboxylic acids is 2. The van der Waals surface area contributed by atoms with E-state index in [0.29, 0.717) is 18.6 Å². The van der Waals surface area contributed by atoms with Crippen molar-refractivity contribution in [1.82, 2.24) is 0 Å². The molecule has 0 aromatic heterocycles. The number of ether oxygens (including phenoxy) is 4. The number of carbonyl (C=O) groups is 2. The smallest absolute Gasteiger partial charge is 0.336 e. The zero-order valence-corrected chi connectivity index (χ0v) is 16.5. The summed E-state index contributed by atoms with van der Waals surface area (Å²) in [6.07, 6.45) is -0.285. The van der Waals surface area contributed by atoms with Gasteiger partial charge in [0, 0.05) is 12.8 Å². The lowest BCUT2D eigenvalue weighted by Gasteiger charge is -2.21. The normalized spacial score (nSPS) is 25.7. The Morgan fingerprint density at radius 3 is 1.89 bits per heavy atom. The predicted octanol–water partition coefficient (Wildman–Crippen LogP) is 2.47. The lowest BCUT2D eigenvalue weighted by atomic mass is 9.90. The summed E-state index contributed by atoms with van der Waals surface area (Å²) < 4.78 is 22.6. The van der Waals surface area contributed by atoms with Gasteiger partial charge in [-0.3, -0.25) is 0 Å². The van der Waals surface area contributed by atoms with Crippen LogP contribution < -0.4 is 0 Å². The molecule has 8 heteroatoms. The molecule has 2 saturated heterocycles. The van der Waals surface area contributed by atoms with Crippen LogP contribution in [0.4, 0.5) is 0 Å². The molecule has 1 aromatic rings. The molecule has 0 amide bonds. The second-order valence-corrected chi connectivity index (χ2v) is 8.05. The van der Waals surface area contributed by atoms with Gasteiger partial charge in [-0.05, 0) is 44.9 Å². The minimum atomic E-state index is -1.18. The Morgan fingerprint density at radius 1 is 0.929 bits per heavy atom. The first-order chi connectivity index (χ1) is 13.0. The summed E-state index contributed by atoms with van der Waals surface area (Å²) in [7, 11) is 0. The lowest BCUT2D eigenvalue weighted by molar-refractivity contribution is -0.138. The fraction of sp³-hybridized carbons (Fsp3) is 0.600. The number of hydrogen-bond acceptors (Lipinski definition) is 6. The van der Waals surface area contributed by atoms with E-state index < -0.39 is 29.6 Å². The second-order valence-electron chi connectivity index (χ2n) is 8.05. The molecule has 2 unspecified atom stereocenters. The maximum Gasteiger partial charge on any atom is 0.336 e. The molecule has 8 nitrogen and oxygen atoms in total. The maximum absolute atomic E-state index is 12.1. The quantitative estimate of drug-likeness (QED) is 0.757. The van der Waals surface area contributed by atoms with Crippen molar-refractivity contribution in [2.45, 2.75) is 64.3 Å². The summed E-state index contributed by atoms with van der Waals surface area (Å²) in [4.78, 5) is 23.8. The van der Waals surface area contributed by atoms with E-state index in [9.17, 15) is 19.8 Å². The monoisotopic (exact) mass is 394 g/mol. The molecule has 2 aliphatic heterocycles. The van der Waals surface area contributed by atoms with Crippen molar-refractivity contribution in [3.63, 3.8) is 0 Å². The minimum absolute atomic E-state index is 0.0125. The molecule has 2 N–H and O–H groups in total. The van der Waals surface area contributed by atoms with Crippen molar-refractivity contribution in [3.8, 4) is 0 Å². The van der Waals surface area contributed by atoms with Crippen molar-refractivity contribution in [2.24, 2.45) is 0 Å². The molecular weight excluding hydrogens is 368 g/mol. The van der Waals surface area contributed by atoms with Crippen molar-refractivity contribution in [3.05, 3.63) is 34.4 Å². The molecule has 0 aliphatic carbocycles. The number of rotatable bonds is 6. The third kappa shape index (κ3) is 4.52. The number of carboxylic acid groups (broad SMARTS) is 2. The largest absolute Gasteiger partial charge is 0.478 e. The highest BCUT2D eigenvalue weighted by Gasteiger charge is 2.36. The van der Waals surface area contributed by atoms with Gasteiger partial charge >= 0.3 is 11.9 Å². The van der Waals surface area contributed by atoms with Crippen LogP contribution in [0.25, 0.3) is 0 Å². The first kappa shape index (κ1) is 20.7. The zero-order chi connectivity index (χ0) is 20.7. The SMILES string of the molecule is CC1(C)OCC(Cc2ccc(C(=O)O)c(CC3COC(C)(C)O3)c2C(=O)O)O1. The molecule has 2 aliphatic rings. The summed E-state index contributed by atoms with van der Waals surface area (Å²) in [6, 6.07) is 2.99. The molecule has 3 rings (SSSR count). The lowest BCUT2D eigenvalue weighted by Crippen LogP contribution is -2.25. The van der Waals surface area contributed by atoms with E-state index in [1.807, 2.05) is 0 Å². The Hall–Kier alpha value is -2.00. The Kier molecular flexibility index (Phi) is 5.51. The van der Waals surface area contributed by atoms with Gasteiger partial charge in [-0.2, -0.15) is 0 Å². The third-order valence-electron chi connectivity index (χ3n) is 4.86. The molecule has 0 saturated carbocycles. The Balaban J connectivity index is 1.95. The Labute approximate surface area is 163 Å². The zero-order valence-electron chi connectivity index (χ0n) is 16.5. The van der Waals surface area contributed by atoms with Crippen molar-refractivity contribution < 1.29 is 38.7 Å². The molecule has 154 valence electrons. The van der Waals surface area contributed by atoms with Crippen LogP contribution in [0.1, 0.15) is 59.5 Å². The summed E-state index contributed by atoms with van der Waals surface area (Å²) in [5.74, 6) is -3.86. The van der Waals surface area contributed by atoms with Gasteiger partial charge in [-0.1, -0.05) is 6.07 Å². The van der Waals surface area contributed by atoms with Gasteiger partial charge in [-0.25, -0.2) is 9.59 Å². The van der Waals surface area contributed by atoms with E-state index in [1.54, 1.807) is 33.8 Å². The van der Waals surface area contributed by atoms with E-state index >= 15 is 0 Å². The fourth-order valence-corrected chi connectivity index (χ4v) is 3.75. The molecule has 0 radical (unpaired) electrons. The summed E-state index contributed by atoms with van der Waals surface area (Å²) in [6.45, 7) is 7.73. The highest BCUT2D eigenvalue weighted by atomic mass is 16.7. The standard InChI is InChI=1S/C20H26O8/c1-19(2)25-9-12(27-19)7-11-5-6-14(17(21)22)15(16(11)18(23)24)8-13-10-26-20(3,4)28-13/h5-6,12-13H,7-10H2,1-4H3,(H,21,22)(H,23,24). The minimum Gasteiger partial charge on any atom is -0.478 e. The van der Waals surface area contributed by atoms with Gasteiger partial charge in [0.1, 0.15) is 0 Å². The first-order valence-corrected chi connectivity index (χ1v) is 9.22.